The van der Waals surface area contributed by atoms with Crippen LogP contribution >= 0.6 is 0 Å². The smallest absolute Gasteiger partial charge is 0.309 e. The van der Waals surface area contributed by atoms with E-state index >= 15 is 13.2 Å². The van der Waals surface area contributed by atoms with Crippen LogP contribution in [0, 0.1) is 47.1 Å². The second-order valence-electron chi connectivity index (χ2n) is 12.1. The molecule has 0 saturated carbocycles. The zero-order valence-corrected chi connectivity index (χ0v) is 26.7. The van der Waals surface area contributed by atoms with Crippen molar-refractivity contribution in [3.8, 4) is 40.7 Å². The molecule has 0 aliphatic carbocycles. The van der Waals surface area contributed by atoms with Crippen LogP contribution < -0.4 is 0 Å². The van der Waals surface area contributed by atoms with Crippen molar-refractivity contribution in [3.63, 3.8) is 0 Å². The van der Waals surface area contributed by atoms with Crippen LogP contribution in [0.15, 0.2) is 109 Å². The Morgan fingerprint density at radius 1 is 0.519 bits per heavy atom. The van der Waals surface area contributed by atoms with Crippen LogP contribution in [0.2, 0.25) is 0 Å². The Bertz CT molecular complexity index is 2930. The molecule has 7 nitrogen and oxygen atoms in total. The Hall–Kier alpha value is -7.84. The van der Waals surface area contributed by atoms with E-state index in [2.05, 4.69) is 27.9 Å². The van der Waals surface area contributed by atoms with Gasteiger partial charge in [0, 0.05) is 16.3 Å². The van der Waals surface area contributed by atoms with Crippen LogP contribution in [-0.4, -0.2) is 9.13 Å². The highest BCUT2D eigenvalue weighted by atomic mass is 19.4. The number of alkyl halides is 3. The summed E-state index contributed by atoms with van der Waals surface area (Å²) < 4.78 is 49.9. The number of rotatable bonds is 3. The molecular weight excluding hydrogens is 660 g/mol. The number of nitriles is 3. The summed E-state index contributed by atoms with van der Waals surface area (Å²) in [4.78, 5) is 7.11. The van der Waals surface area contributed by atoms with E-state index in [9.17, 15) is 15.8 Å². The largest absolute Gasteiger partial charge is 0.418 e. The summed E-state index contributed by atoms with van der Waals surface area (Å²) >= 11 is 0. The van der Waals surface area contributed by atoms with Crippen LogP contribution in [-0.2, 0) is 6.18 Å². The summed E-state index contributed by atoms with van der Waals surface area (Å²) in [6.07, 6.45) is -4.87. The first-order valence-corrected chi connectivity index (χ1v) is 15.7. The number of hydrogen-bond acceptors (Lipinski definition) is 3. The van der Waals surface area contributed by atoms with E-state index in [1.54, 1.807) is 89.5 Å². The topological polar surface area (TPSA) is 89.9 Å². The number of hydrogen-bond donors (Lipinski definition) is 0. The molecule has 0 aliphatic heterocycles. The second-order valence-corrected chi connectivity index (χ2v) is 12.1. The van der Waals surface area contributed by atoms with E-state index in [-0.39, 0.29) is 11.4 Å². The summed E-state index contributed by atoms with van der Waals surface area (Å²) in [5.74, 6) is 0. The predicted molar refractivity (Wildman–Crippen MR) is 192 cm³/mol. The normalized spacial score (nSPS) is 11.3. The van der Waals surface area contributed by atoms with E-state index in [1.165, 1.54) is 22.8 Å². The Labute approximate surface area is 293 Å². The molecule has 0 fully saturated rings. The van der Waals surface area contributed by atoms with Crippen LogP contribution in [0.3, 0.4) is 0 Å². The SMILES string of the molecule is [C-]#[N+]c1ccc2c(c1)c1cc([N+]#[C-])ccc1n2-c1cc(C(F)(F)F)c(-n2c3ccc(C#N)cc3c3cc(C#N)ccc32)cc1-c1cccc(C#N)c1. The van der Waals surface area contributed by atoms with Crippen LogP contribution in [0.5, 0.6) is 0 Å². The zero-order chi connectivity index (χ0) is 36.3. The molecule has 242 valence electrons. The molecule has 8 rings (SSSR count). The van der Waals surface area contributed by atoms with Gasteiger partial charge in [0.2, 0.25) is 0 Å². The monoisotopic (exact) mass is 677 g/mol. The van der Waals surface area contributed by atoms with Gasteiger partial charge in [0.15, 0.2) is 11.4 Å². The fourth-order valence-electron chi connectivity index (χ4n) is 6.98. The second kappa shape index (κ2) is 11.6. The molecule has 52 heavy (non-hydrogen) atoms. The highest BCUT2D eigenvalue weighted by molar-refractivity contribution is 6.13. The molecule has 0 bridgehead atoms. The average Bonchev–Trinajstić information content (AvgIpc) is 3.67. The molecule has 6 aromatic carbocycles. The van der Waals surface area contributed by atoms with Gasteiger partial charge in [0.05, 0.1) is 87.0 Å². The Morgan fingerprint density at radius 2 is 0.981 bits per heavy atom. The van der Waals surface area contributed by atoms with Crippen molar-refractivity contribution in [3.05, 3.63) is 154 Å². The quantitative estimate of drug-likeness (QED) is 0.174. The van der Waals surface area contributed by atoms with Crippen LogP contribution in [0.1, 0.15) is 22.3 Å². The summed E-state index contributed by atoms with van der Waals surface area (Å²) in [6, 6.07) is 34.8. The van der Waals surface area contributed by atoms with Crippen molar-refractivity contribution in [2.45, 2.75) is 6.18 Å². The molecule has 0 unspecified atom stereocenters. The van der Waals surface area contributed by atoms with Crippen molar-refractivity contribution in [1.29, 1.82) is 15.8 Å². The van der Waals surface area contributed by atoms with Crippen molar-refractivity contribution in [2.75, 3.05) is 0 Å². The highest BCUT2D eigenvalue weighted by Gasteiger charge is 2.37. The zero-order valence-electron chi connectivity index (χ0n) is 26.7. The van der Waals surface area contributed by atoms with Gasteiger partial charge >= 0.3 is 6.18 Å². The Morgan fingerprint density at radius 3 is 1.46 bits per heavy atom. The maximum Gasteiger partial charge on any atom is 0.418 e. The fraction of sp³-hybridized carbons (Fsp3) is 0.0238. The maximum atomic E-state index is 15.6. The Kier molecular flexibility index (Phi) is 7.04. The first kappa shape index (κ1) is 31.4. The lowest BCUT2D eigenvalue weighted by Crippen LogP contribution is -2.13. The van der Waals surface area contributed by atoms with Gasteiger partial charge in [-0.2, -0.15) is 29.0 Å². The Balaban J connectivity index is 1.57. The van der Waals surface area contributed by atoms with E-state index in [4.69, 9.17) is 13.1 Å². The van der Waals surface area contributed by atoms with Gasteiger partial charge < -0.3 is 9.13 Å². The van der Waals surface area contributed by atoms with Crippen molar-refractivity contribution in [2.24, 2.45) is 0 Å². The third-order valence-electron chi connectivity index (χ3n) is 9.22. The minimum Gasteiger partial charge on any atom is -0.309 e. The van der Waals surface area contributed by atoms with Crippen molar-refractivity contribution in [1.82, 2.24) is 9.13 Å². The van der Waals surface area contributed by atoms with Crippen molar-refractivity contribution >= 4 is 55.0 Å². The molecule has 0 radical (unpaired) electrons. The van der Waals surface area contributed by atoms with Crippen LogP contribution in [0.25, 0.3) is 75.8 Å². The van der Waals surface area contributed by atoms with E-state index in [0.717, 1.165) is 6.07 Å². The molecule has 0 spiro atoms. The van der Waals surface area contributed by atoms with Gasteiger partial charge in [-0.3, -0.25) is 0 Å². The van der Waals surface area contributed by atoms with E-state index < -0.39 is 11.7 Å². The molecule has 0 N–H and O–H groups in total. The minimum atomic E-state index is -4.87. The van der Waals surface area contributed by atoms with Gasteiger partial charge in [0.1, 0.15) is 0 Å². The van der Waals surface area contributed by atoms with Gasteiger partial charge in [-0.1, -0.05) is 24.3 Å². The predicted octanol–water partition coefficient (Wildman–Crippen LogP) is 11.3. The maximum absolute atomic E-state index is 15.6. The number of aromatic nitrogens is 2. The van der Waals surface area contributed by atoms with Gasteiger partial charge in [0.25, 0.3) is 0 Å². The molecule has 0 aliphatic rings. The van der Waals surface area contributed by atoms with E-state index in [0.29, 0.717) is 82.8 Å². The summed E-state index contributed by atoms with van der Waals surface area (Å²) in [5, 5.41) is 31.3. The van der Waals surface area contributed by atoms with E-state index in [1.807, 2.05) is 0 Å². The number of halogens is 3. The fourth-order valence-corrected chi connectivity index (χ4v) is 6.98. The molecular formula is C42H18F3N7. The third-order valence-corrected chi connectivity index (χ3v) is 9.22. The highest BCUT2D eigenvalue weighted by Crippen LogP contribution is 2.45. The van der Waals surface area contributed by atoms with Crippen LogP contribution in [0.4, 0.5) is 24.5 Å². The lowest BCUT2D eigenvalue weighted by molar-refractivity contribution is -0.137. The third kappa shape index (κ3) is 4.79. The van der Waals surface area contributed by atoms with Crippen molar-refractivity contribution < 1.29 is 13.2 Å². The molecule has 10 heteroatoms. The van der Waals surface area contributed by atoms with Gasteiger partial charge in [-0.05, 0) is 101 Å². The molecule has 0 amide bonds. The lowest BCUT2D eigenvalue weighted by Gasteiger charge is -2.22. The molecule has 2 heterocycles. The van der Waals surface area contributed by atoms with Gasteiger partial charge in [-0.25, -0.2) is 9.69 Å². The first-order valence-electron chi connectivity index (χ1n) is 15.7. The number of benzene rings is 6. The standard InChI is InChI=1S/C42H18F3N7/c1-49-28-8-12-38-33(17-28)34-18-29(50-2)9-13-39(34)51(38)40-20-35(42(43,44)45)41(19-30(40)27-5-3-4-24(14-27)21-46)52-36-10-6-25(22-47)15-31(36)32-16-26(23-48)7-11-37(32)52/h3-20H. The molecule has 8 aromatic rings. The molecule has 0 atom stereocenters. The first-order chi connectivity index (χ1) is 25.2. The number of fused-ring (bicyclic) bond motifs is 6. The lowest BCUT2D eigenvalue weighted by atomic mass is 9.97. The molecule has 0 saturated heterocycles. The summed E-state index contributed by atoms with van der Waals surface area (Å²) in [6.45, 7) is 15.2. The average molecular weight is 678 g/mol. The van der Waals surface area contributed by atoms with Gasteiger partial charge in [-0.15, -0.1) is 0 Å². The number of nitrogens with zero attached hydrogens (tertiary/aromatic N) is 7. The minimum absolute atomic E-state index is 0.164. The summed E-state index contributed by atoms with van der Waals surface area (Å²) in [5.41, 5.74) is 3.29. The molecule has 2 aromatic heterocycles. The summed E-state index contributed by atoms with van der Waals surface area (Å²) in [7, 11) is 0.